The molecule has 18 heavy (non-hydrogen) atoms. The summed E-state index contributed by atoms with van der Waals surface area (Å²) in [6.07, 6.45) is 2.49. The van der Waals surface area contributed by atoms with Crippen LogP contribution in [0.15, 0.2) is 24.3 Å². The second kappa shape index (κ2) is 5.10. The summed E-state index contributed by atoms with van der Waals surface area (Å²) >= 11 is 0. The van der Waals surface area contributed by atoms with Crippen molar-refractivity contribution < 1.29 is 19.4 Å². The van der Waals surface area contributed by atoms with Gasteiger partial charge in [-0.1, -0.05) is 6.08 Å². The van der Waals surface area contributed by atoms with Crippen molar-refractivity contribution in [3.8, 4) is 11.5 Å². The standard InChI is InChI=1S/C13H15NO4/c1-8-6-11-12(18-5-4-17-11)7-9(8)10(14)2-3-13(15)16/h2-3,6-7,10H,4-5,14H2,1H3,(H,15,16)/b3-2+. The Balaban J connectivity index is 2.30. The smallest absolute Gasteiger partial charge is 0.328 e. The number of benzene rings is 1. The van der Waals surface area contributed by atoms with Crippen LogP contribution in [0.4, 0.5) is 0 Å². The van der Waals surface area contributed by atoms with Crippen LogP contribution < -0.4 is 15.2 Å². The first kappa shape index (κ1) is 12.4. The van der Waals surface area contributed by atoms with E-state index in [0.717, 1.165) is 17.2 Å². The topological polar surface area (TPSA) is 81.8 Å². The number of aliphatic carboxylic acids is 1. The van der Waals surface area contributed by atoms with Crippen molar-refractivity contribution >= 4 is 5.97 Å². The van der Waals surface area contributed by atoms with E-state index in [1.54, 1.807) is 6.07 Å². The molecule has 1 heterocycles. The van der Waals surface area contributed by atoms with Crippen LogP contribution in [-0.4, -0.2) is 24.3 Å². The van der Waals surface area contributed by atoms with E-state index in [4.69, 9.17) is 20.3 Å². The Morgan fingerprint density at radius 2 is 2.00 bits per heavy atom. The third kappa shape index (κ3) is 2.62. The van der Waals surface area contributed by atoms with E-state index in [-0.39, 0.29) is 0 Å². The van der Waals surface area contributed by atoms with Gasteiger partial charge in [0.05, 0.1) is 0 Å². The minimum absolute atomic E-state index is 0.475. The Bertz CT molecular complexity index is 496. The largest absolute Gasteiger partial charge is 0.486 e. The minimum atomic E-state index is -1.01. The van der Waals surface area contributed by atoms with Crippen LogP contribution >= 0.6 is 0 Å². The zero-order valence-electron chi connectivity index (χ0n) is 10.1. The van der Waals surface area contributed by atoms with E-state index in [9.17, 15) is 4.79 Å². The van der Waals surface area contributed by atoms with Crippen molar-refractivity contribution in [1.29, 1.82) is 0 Å². The number of carboxylic acids is 1. The maximum absolute atomic E-state index is 10.5. The first-order valence-electron chi connectivity index (χ1n) is 5.65. The molecule has 0 aliphatic carbocycles. The number of carboxylic acid groups (broad SMARTS) is 1. The Morgan fingerprint density at radius 1 is 1.39 bits per heavy atom. The third-order valence-corrected chi connectivity index (χ3v) is 2.74. The summed E-state index contributed by atoms with van der Waals surface area (Å²) in [5.41, 5.74) is 7.71. The molecule has 0 radical (unpaired) electrons. The van der Waals surface area contributed by atoms with Crippen LogP contribution in [0.5, 0.6) is 11.5 Å². The molecule has 2 rings (SSSR count). The maximum Gasteiger partial charge on any atom is 0.328 e. The SMILES string of the molecule is Cc1cc2c(cc1C(N)/C=C/C(=O)O)OCCO2. The fraction of sp³-hybridized carbons (Fsp3) is 0.308. The highest BCUT2D eigenvalue weighted by atomic mass is 16.6. The molecule has 0 aromatic heterocycles. The Kier molecular flexibility index (Phi) is 3.53. The second-order valence-electron chi connectivity index (χ2n) is 4.08. The normalized spacial score (nSPS) is 15.7. The fourth-order valence-corrected chi connectivity index (χ4v) is 1.85. The zero-order valence-corrected chi connectivity index (χ0v) is 10.1. The van der Waals surface area contributed by atoms with Crippen molar-refractivity contribution in [2.75, 3.05) is 13.2 Å². The summed E-state index contributed by atoms with van der Waals surface area (Å²) in [7, 11) is 0. The lowest BCUT2D eigenvalue weighted by molar-refractivity contribution is -0.131. The van der Waals surface area contributed by atoms with Gasteiger partial charge in [-0.25, -0.2) is 4.79 Å². The molecule has 0 amide bonds. The lowest BCUT2D eigenvalue weighted by Crippen LogP contribution is -2.17. The highest BCUT2D eigenvalue weighted by Crippen LogP contribution is 2.34. The van der Waals surface area contributed by atoms with Crippen molar-refractivity contribution in [3.05, 3.63) is 35.4 Å². The first-order chi connectivity index (χ1) is 8.58. The minimum Gasteiger partial charge on any atom is -0.486 e. The van der Waals surface area contributed by atoms with Gasteiger partial charge in [-0.15, -0.1) is 0 Å². The van der Waals surface area contributed by atoms with E-state index in [1.165, 1.54) is 6.08 Å². The average Bonchev–Trinajstić information content (AvgIpc) is 2.35. The average molecular weight is 249 g/mol. The van der Waals surface area contributed by atoms with Gasteiger partial charge >= 0.3 is 5.97 Å². The molecule has 1 aromatic rings. The van der Waals surface area contributed by atoms with Crippen molar-refractivity contribution in [1.82, 2.24) is 0 Å². The quantitative estimate of drug-likeness (QED) is 0.791. The summed E-state index contributed by atoms with van der Waals surface area (Å²) in [4.78, 5) is 10.5. The first-order valence-corrected chi connectivity index (χ1v) is 5.65. The molecule has 0 fully saturated rings. The van der Waals surface area contributed by atoms with Gasteiger partial charge < -0.3 is 20.3 Å². The number of hydrogen-bond donors (Lipinski definition) is 2. The van der Waals surface area contributed by atoms with Crippen LogP contribution in [0.25, 0.3) is 0 Å². The van der Waals surface area contributed by atoms with Crippen LogP contribution in [0.2, 0.25) is 0 Å². The predicted molar refractivity (Wildman–Crippen MR) is 65.9 cm³/mol. The molecule has 1 aliphatic rings. The number of fused-ring (bicyclic) bond motifs is 1. The Labute approximate surface area is 105 Å². The number of rotatable bonds is 3. The molecule has 1 atom stereocenters. The molecule has 0 spiro atoms. The van der Waals surface area contributed by atoms with Crippen LogP contribution in [-0.2, 0) is 4.79 Å². The third-order valence-electron chi connectivity index (χ3n) is 2.74. The predicted octanol–water partition coefficient (Wildman–Crippen LogP) is 1.41. The van der Waals surface area contributed by atoms with Gasteiger partial charge in [0.25, 0.3) is 0 Å². The van der Waals surface area contributed by atoms with Crippen molar-refractivity contribution in [2.45, 2.75) is 13.0 Å². The maximum atomic E-state index is 10.5. The number of nitrogens with two attached hydrogens (primary N) is 1. The monoisotopic (exact) mass is 249 g/mol. The second-order valence-corrected chi connectivity index (χ2v) is 4.08. The molecule has 0 saturated heterocycles. The van der Waals surface area contributed by atoms with Crippen molar-refractivity contribution in [2.24, 2.45) is 5.73 Å². The summed E-state index contributed by atoms with van der Waals surface area (Å²) in [6.45, 7) is 2.95. The molecule has 1 unspecified atom stereocenters. The molecule has 0 saturated carbocycles. The lowest BCUT2D eigenvalue weighted by atomic mass is 10.0. The number of aryl methyl sites for hydroxylation is 1. The molecule has 0 bridgehead atoms. The molecule has 1 aromatic carbocycles. The van der Waals surface area contributed by atoms with E-state index in [2.05, 4.69) is 0 Å². The van der Waals surface area contributed by atoms with E-state index in [0.29, 0.717) is 24.7 Å². The van der Waals surface area contributed by atoms with Gasteiger partial charge in [0.2, 0.25) is 0 Å². The molecule has 5 heteroatoms. The van der Waals surface area contributed by atoms with Gasteiger partial charge in [0.15, 0.2) is 11.5 Å². The van der Waals surface area contributed by atoms with Gasteiger partial charge in [-0.2, -0.15) is 0 Å². The molecule has 96 valence electrons. The van der Waals surface area contributed by atoms with Gasteiger partial charge in [-0.3, -0.25) is 0 Å². The van der Waals surface area contributed by atoms with Gasteiger partial charge in [-0.05, 0) is 30.2 Å². The molecular formula is C13H15NO4. The Morgan fingerprint density at radius 3 is 2.61 bits per heavy atom. The number of hydrogen-bond acceptors (Lipinski definition) is 4. The molecule has 3 N–H and O–H groups in total. The van der Waals surface area contributed by atoms with E-state index < -0.39 is 12.0 Å². The zero-order chi connectivity index (χ0) is 13.1. The highest BCUT2D eigenvalue weighted by Gasteiger charge is 2.16. The highest BCUT2D eigenvalue weighted by molar-refractivity contribution is 5.79. The van der Waals surface area contributed by atoms with Crippen molar-refractivity contribution in [3.63, 3.8) is 0 Å². The molecule has 1 aliphatic heterocycles. The Hall–Kier alpha value is -2.01. The van der Waals surface area contributed by atoms with Crippen LogP contribution in [0, 0.1) is 6.92 Å². The van der Waals surface area contributed by atoms with E-state index in [1.807, 2.05) is 13.0 Å². The van der Waals surface area contributed by atoms with E-state index >= 15 is 0 Å². The lowest BCUT2D eigenvalue weighted by Gasteiger charge is -2.21. The molecular weight excluding hydrogens is 234 g/mol. The summed E-state index contributed by atoms with van der Waals surface area (Å²) in [6, 6.07) is 3.19. The summed E-state index contributed by atoms with van der Waals surface area (Å²) in [5.74, 6) is 0.346. The molecule has 5 nitrogen and oxygen atoms in total. The summed E-state index contributed by atoms with van der Waals surface area (Å²) in [5, 5.41) is 8.58. The van der Waals surface area contributed by atoms with Gasteiger partial charge in [0, 0.05) is 12.1 Å². The summed E-state index contributed by atoms with van der Waals surface area (Å²) < 4.78 is 10.9. The van der Waals surface area contributed by atoms with Crippen LogP contribution in [0.3, 0.4) is 0 Å². The number of carbonyl (C=O) groups is 1. The van der Waals surface area contributed by atoms with Crippen LogP contribution in [0.1, 0.15) is 17.2 Å². The number of ether oxygens (including phenoxy) is 2. The fourth-order valence-electron chi connectivity index (χ4n) is 1.85. The van der Waals surface area contributed by atoms with Gasteiger partial charge in [0.1, 0.15) is 13.2 Å².